The van der Waals surface area contributed by atoms with Crippen LogP contribution in [0.15, 0.2) is 42.5 Å². The average Bonchev–Trinajstić information content (AvgIpc) is 2.54. The van der Waals surface area contributed by atoms with E-state index in [1.807, 2.05) is 6.92 Å². The Bertz CT molecular complexity index is 751. The molecule has 7 heteroatoms. The highest BCUT2D eigenvalue weighted by molar-refractivity contribution is 6.31. The van der Waals surface area contributed by atoms with E-state index in [1.165, 1.54) is 18.2 Å². The third kappa shape index (κ3) is 5.55. The van der Waals surface area contributed by atoms with E-state index in [2.05, 4.69) is 5.32 Å². The molecule has 0 saturated heterocycles. The fraction of sp³-hybridized carbons (Fsp3) is 0.176. The number of amides is 1. The number of ether oxygens (including phenoxy) is 2. The van der Waals surface area contributed by atoms with E-state index in [4.69, 9.17) is 21.1 Å². The normalized spacial score (nSPS) is 10.1. The van der Waals surface area contributed by atoms with Crippen molar-refractivity contribution in [3.63, 3.8) is 0 Å². The molecule has 0 heterocycles. The second-order valence-electron chi connectivity index (χ2n) is 4.92. The van der Waals surface area contributed by atoms with Gasteiger partial charge in [-0.1, -0.05) is 17.7 Å². The fourth-order valence-electron chi connectivity index (χ4n) is 1.80. The summed E-state index contributed by atoms with van der Waals surface area (Å²) >= 11 is 5.89. The first-order valence-electron chi connectivity index (χ1n) is 7.04. The number of nitrogens with one attached hydrogen (secondary N) is 1. The molecule has 0 aromatic heterocycles. The molecule has 0 bridgehead atoms. The Kier molecular flexibility index (Phi) is 6.14. The van der Waals surface area contributed by atoms with E-state index in [-0.39, 0.29) is 12.3 Å². The summed E-state index contributed by atoms with van der Waals surface area (Å²) in [4.78, 5) is 23.2. The quantitative estimate of drug-likeness (QED) is 0.811. The Hall–Kier alpha value is -2.60. The first-order valence-corrected chi connectivity index (χ1v) is 7.42. The van der Waals surface area contributed by atoms with Crippen LogP contribution in [0.25, 0.3) is 0 Å². The Morgan fingerprint density at radius 1 is 1.17 bits per heavy atom. The molecular weight excluding hydrogens is 337 g/mol. The summed E-state index contributed by atoms with van der Waals surface area (Å²) in [5.74, 6) is -1.28. The summed E-state index contributed by atoms with van der Waals surface area (Å²) in [7, 11) is 0. The third-order valence-corrected chi connectivity index (χ3v) is 3.38. The van der Waals surface area contributed by atoms with E-state index >= 15 is 0 Å². The van der Waals surface area contributed by atoms with Crippen molar-refractivity contribution < 1.29 is 23.5 Å². The molecule has 0 aliphatic heterocycles. The molecule has 0 aliphatic carbocycles. The molecule has 0 radical (unpaired) electrons. The number of carbonyl (C=O) groups excluding carboxylic acids is 2. The van der Waals surface area contributed by atoms with Crippen LogP contribution in [0.1, 0.15) is 5.56 Å². The number of benzene rings is 2. The maximum atomic E-state index is 13.0. The van der Waals surface area contributed by atoms with Crippen LogP contribution in [-0.2, 0) is 14.3 Å². The minimum atomic E-state index is -0.697. The zero-order chi connectivity index (χ0) is 17.5. The zero-order valence-corrected chi connectivity index (χ0v) is 13.6. The molecule has 126 valence electrons. The lowest BCUT2D eigenvalue weighted by Gasteiger charge is -2.09. The van der Waals surface area contributed by atoms with Crippen molar-refractivity contribution in [3.05, 3.63) is 58.9 Å². The number of aryl methyl sites for hydroxylation is 1. The van der Waals surface area contributed by atoms with Crippen molar-refractivity contribution in [2.75, 3.05) is 18.5 Å². The van der Waals surface area contributed by atoms with Crippen LogP contribution >= 0.6 is 11.6 Å². The van der Waals surface area contributed by atoms with Gasteiger partial charge in [-0.3, -0.25) is 4.79 Å². The average molecular weight is 352 g/mol. The van der Waals surface area contributed by atoms with Crippen molar-refractivity contribution in [3.8, 4) is 5.75 Å². The van der Waals surface area contributed by atoms with Crippen LogP contribution < -0.4 is 10.1 Å². The number of hydrogen-bond donors (Lipinski definition) is 1. The molecule has 0 saturated carbocycles. The highest BCUT2D eigenvalue weighted by Crippen LogP contribution is 2.20. The number of hydrogen-bond acceptors (Lipinski definition) is 4. The molecule has 0 aliphatic rings. The van der Waals surface area contributed by atoms with Crippen LogP contribution in [0, 0.1) is 12.7 Å². The zero-order valence-electron chi connectivity index (χ0n) is 12.8. The Morgan fingerprint density at radius 3 is 2.67 bits per heavy atom. The first kappa shape index (κ1) is 17.7. The second-order valence-corrected chi connectivity index (χ2v) is 5.33. The Labute approximate surface area is 143 Å². The van der Waals surface area contributed by atoms with Crippen LogP contribution in [0.5, 0.6) is 5.75 Å². The van der Waals surface area contributed by atoms with Gasteiger partial charge in [-0.2, -0.15) is 0 Å². The molecule has 24 heavy (non-hydrogen) atoms. The van der Waals surface area contributed by atoms with Crippen molar-refractivity contribution in [1.29, 1.82) is 0 Å². The van der Waals surface area contributed by atoms with E-state index in [0.717, 1.165) is 11.6 Å². The third-order valence-electron chi connectivity index (χ3n) is 2.96. The molecule has 1 amide bonds. The van der Waals surface area contributed by atoms with E-state index < -0.39 is 24.3 Å². The minimum Gasteiger partial charge on any atom is -0.482 e. The molecule has 2 rings (SSSR count). The lowest BCUT2D eigenvalue weighted by atomic mass is 10.2. The topological polar surface area (TPSA) is 64.6 Å². The maximum Gasteiger partial charge on any atom is 0.344 e. The maximum absolute atomic E-state index is 13.0. The smallest absolute Gasteiger partial charge is 0.344 e. The van der Waals surface area contributed by atoms with Crippen molar-refractivity contribution in [2.24, 2.45) is 0 Å². The summed E-state index contributed by atoms with van der Waals surface area (Å²) in [5, 5.41) is 3.01. The lowest BCUT2D eigenvalue weighted by Crippen LogP contribution is -2.23. The van der Waals surface area contributed by atoms with E-state index in [9.17, 15) is 14.0 Å². The Morgan fingerprint density at radius 2 is 1.96 bits per heavy atom. The monoisotopic (exact) mass is 351 g/mol. The van der Waals surface area contributed by atoms with Crippen LogP contribution in [0.3, 0.4) is 0 Å². The predicted octanol–water partition coefficient (Wildman–Crippen LogP) is 3.35. The summed E-state index contributed by atoms with van der Waals surface area (Å²) in [5.41, 5.74) is 1.10. The second kappa shape index (κ2) is 8.31. The molecule has 0 unspecified atom stereocenters. The first-order chi connectivity index (χ1) is 11.4. The molecule has 2 aromatic rings. The number of rotatable bonds is 6. The van der Waals surface area contributed by atoms with Crippen LogP contribution in [0.2, 0.25) is 5.02 Å². The predicted molar refractivity (Wildman–Crippen MR) is 87.7 cm³/mol. The lowest BCUT2D eigenvalue weighted by molar-refractivity contribution is -0.149. The molecule has 0 fully saturated rings. The van der Waals surface area contributed by atoms with Gasteiger partial charge in [0.2, 0.25) is 0 Å². The highest BCUT2D eigenvalue weighted by Gasteiger charge is 2.09. The van der Waals surface area contributed by atoms with Crippen molar-refractivity contribution in [1.82, 2.24) is 0 Å². The fourth-order valence-corrected chi connectivity index (χ4v) is 1.92. The summed E-state index contributed by atoms with van der Waals surface area (Å²) < 4.78 is 23.0. The van der Waals surface area contributed by atoms with Crippen molar-refractivity contribution >= 4 is 29.2 Å². The largest absolute Gasteiger partial charge is 0.482 e. The van der Waals surface area contributed by atoms with Crippen LogP contribution in [0.4, 0.5) is 10.1 Å². The summed E-state index contributed by atoms with van der Waals surface area (Å²) in [6.45, 7) is 0.983. The number of esters is 1. The van der Waals surface area contributed by atoms with E-state index in [0.29, 0.717) is 10.8 Å². The minimum absolute atomic E-state index is 0.281. The Balaban J connectivity index is 1.74. The number of anilines is 1. The number of carbonyl (C=O) groups is 2. The highest BCUT2D eigenvalue weighted by atomic mass is 35.5. The van der Waals surface area contributed by atoms with Gasteiger partial charge < -0.3 is 14.8 Å². The van der Waals surface area contributed by atoms with Gasteiger partial charge in [0, 0.05) is 10.7 Å². The van der Waals surface area contributed by atoms with Crippen molar-refractivity contribution in [2.45, 2.75) is 6.92 Å². The van der Waals surface area contributed by atoms with Gasteiger partial charge in [-0.25, -0.2) is 9.18 Å². The molecule has 1 N–H and O–H groups in total. The van der Waals surface area contributed by atoms with Gasteiger partial charge in [-0.15, -0.1) is 0 Å². The van der Waals surface area contributed by atoms with Gasteiger partial charge in [0.1, 0.15) is 11.6 Å². The molecular formula is C17H15ClFNO4. The summed E-state index contributed by atoms with van der Waals surface area (Å²) in [6.07, 6.45) is 0. The van der Waals surface area contributed by atoms with Gasteiger partial charge >= 0.3 is 5.97 Å². The van der Waals surface area contributed by atoms with Gasteiger partial charge in [-0.05, 0) is 48.9 Å². The van der Waals surface area contributed by atoms with Gasteiger partial charge in [0.05, 0.1) is 0 Å². The molecule has 0 atom stereocenters. The SMILES string of the molecule is Cc1cc(OCC(=O)OCC(=O)Nc2cccc(F)c2)ccc1Cl. The number of halogens is 2. The molecule has 2 aromatic carbocycles. The summed E-state index contributed by atoms with van der Waals surface area (Å²) in [6, 6.07) is 10.4. The van der Waals surface area contributed by atoms with Gasteiger partial charge in [0.15, 0.2) is 13.2 Å². The van der Waals surface area contributed by atoms with Gasteiger partial charge in [0.25, 0.3) is 5.91 Å². The standard InChI is InChI=1S/C17H15ClFNO4/c1-11-7-14(5-6-15(11)18)23-10-17(22)24-9-16(21)20-13-4-2-3-12(19)8-13/h2-8H,9-10H2,1H3,(H,20,21). The molecule has 0 spiro atoms. The van der Waals surface area contributed by atoms with E-state index in [1.54, 1.807) is 18.2 Å². The molecule has 5 nitrogen and oxygen atoms in total. The van der Waals surface area contributed by atoms with Crippen LogP contribution in [-0.4, -0.2) is 25.1 Å².